The number of nitrogens with one attached hydrogen (secondary N) is 1. The van der Waals surface area contributed by atoms with E-state index in [1.165, 1.54) is 11.3 Å². The van der Waals surface area contributed by atoms with E-state index < -0.39 is 0 Å². The third-order valence-electron chi connectivity index (χ3n) is 4.73. The van der Waals surface area contributed by atoms with Gasteiger partial charge in [0.05, 0.1) is 18.3 Å². The van der Waals surface area contributed by atoms with Crippen LogP contribution in [-0.2, 0) is 0 Å². The highest BCUT2D eigenvalue weighted by Crippen LogP contribution is 2.29. The molecule has 146 valence electrons. The smallest absolute Gasteiger partial charge is 0.322 e. The lowest BCUT2D eigenvalue weighted by molar-refractivity contribution is 0.200. The van der Waals surface area contributed by atoms with Crippen molar-refractivity contribution in [2.75, 3.05) is 42.7 Å². The lowest BCUT2D eigenvalue weighted by Crippen LogP contribution is -2.55. The molecule has 3 aromatic rings. The minimum atomic E-state index is -0.156. The van der Waals surface area contributed by atoms with Crippen LogP contribution in [0, 0.1) is 0 Å². The number of carbonyl (C=O) groups is 1. The zero-order valence-corrected chi connectivity index (χ0v) is 16.4. The Kier molecular flexibility index (Phi) is 4.86. The number of piperazine rings is 1. The third-order valence-corrected chi connectivity index (χ3v) is 5.45. The fourth-order valence-corrected chi connectivity index (χ4v) is 4.02. The highest BCUT2D eigenvalue weighted by atomic mass is 32.1. The number of fused-ring (bicyclic) bond motifs is 1. The Morgan fingerprint density at radius 2 is 2.14 bits per heavy atom. The highest BCUT2D eigenvalue weighted by molar-refractivity contribution is 7.16. The first-order valence-corrected chi connectivity index (χ1v) is 9.77. The van der Waals surface area contributed by atoms with Gasteiger partial charge in [-0.1, -0.05) is 12.1 Å². The van der Waals surface area contributed by atoms with E-state index in [1.54, 1.807) is 17.5 Å². The number of rotatable bonds is 3. The van der Waals surface area contributed by atoms with E-state index in [2.05, 4.69) is 32.1 Å². The molecule has 10 heteroatoms. The van der Waals surface area contributed by atoms with Gasteiger partial charge in [0.1, 0.15) is 11.3 Å². The van der Waals surface area contributed by atoms with Crippen LogP contribution in [0.3, 0.4) is 0 Å². The van der Waals surface area contributed by atoms with Crippen molar-refractivity contribution in [3.8, 4) is 5.75 Å². The van der Waals surface area contributed by atoms with Crippen molar-refractivity contribution in [2.24, 2.45) is 0 Å². The number of carbonyl (C=O) groups excluding carboxylic acids is 1. The second-order valence-corrected chi connectivity index (χ2v) is 7.36. The zero-order valence-electron chi connectivity index (χ0n) is 15.6. The second-order valence-electron chi connectivity index (χ2n) is 6.53. The molecule has 0 spiro atoms. The van der Waals surface area contributed by atoms with E-state index in [9.17, 15) is 4.79 Å². The molecule has 1 aromatic carbocycles. The van der Waals surface area contributed by atoms with Gasteiger partial charge in [-0.15, -0.1) is 11.3 Å². The molecule has 1 aliphatic rings. The van der Waals surface area contributed by atoms with E-state index in [-0.39, 0.29) is 18.0 Å². The average Bonchev–Trinajstić information content (AvgIpc) is 3.16. The molecule has 0 saturated carbocycles. The van der Waals surface area contributed by atoms with Crippen molar-refractivity contribution in [3.05, 3.63) is 29.8 Å². The van der Waals surface area contributed by atoms with Crippen molar-refractivity contribution in [3.63, 3.8) is 0 Å². The van der Waals surface area contributed by atoms with Crippen LogP contribution in [-0.4, -0.2) is 58.7 Å². The maximum absolute atomic E-state index is 12.7. The summed E-state index contributed by atoms with van der Waals surface area (Å²) in [6.45, 7) is 3.79. The molecule has 3 N–H and O–H groups in total. The number of methoxy groups -OCH3 is 1. The van der Waals surface area contributed by atoms with Crippen LogP contribution in [0.2, 0.25) is 0 Å². The molecule has 1 fully saturated rings. The number of nitrogen functional groups attached to an aromatic ring is 1. The number of anilines is 3. The maximum atomic E-state index is 12.7. The summed E-state index contributed by atoms with van der Waals surface area (Å²) in [5.74, 6) is 1.58. The Balaban J connectivity index is 1.49. The fraction of sp³-hybridized carbons (Fsp3) is 0.333. The van der Waals surface area contributed by atoms with Gasteiger partial charge in [0.25, 0.3) is 0 Å². The van der Waals surface area contributed by atoms with Crippen molar-refractivity contribution >= 4 is 45.2 Å². The average molecular weight is 399 g/mol. The molecule has 2 aromatic heterocycles. The maximum Gasteiger partial charge on any atom is 0.322 e. The van der Waals surface area contributed by atoms with E-state index in [1.807, 2.05) is 24.3 Å². The molecule has 0 radical (unpaired) electrons. The van der Waals surface area contributed by atoms with Crippen molar-refractivity contribution in [2.45, 2.75) is 13.0 Å². The van der Waals surface area contributed by atoms with E-state index in [4.69, 9.17) is 10.5 Å². The third kappa shape index (κ3) is 3.38. The number of hydrogen-bond donors (Lipinski definition) is 2. The summed E-state index contributed by atoms with van der Waals surface area (Å²) < 4.78 is 5.30. The van der Waals surface area contributed by atoms with Crippen molar-refractivity contribution in [1.82, 2.24) is 19.9 Å². The van der Waals surface area contributed by atoms with Gasteiger partial charge in [-0.25, -0.2) is 14.8 Å². The topological polar surface area (TPSA) is 110 Å². The first-order chi connectivity index (χ1) is 13.6. The van der Waals surface area contributed by atoms with Crippen LogP contribution in [0.1, 0.15) is 6.92 Å². The monoisotopic (exact) mass is 399 g/mol. The summed E-state index contributed by atoms with van der Waals surface area (Å²) in [4.78, 5) is 30.5. The number of ether oxygens (including phenoxy) is 1. The second kappa shape index (κ2) is 7.47. The molecule has 0 bridgehead atoms. The number of para-hydroxylation sites is 2. The van der Waals surface area contributed by atoms with Gasteiger partial charge in [0.2, 0.25) is 5.95 Å². The Hall–Kier alpha value is -3.14. The standard InChI is InChI=1S/C18H21N7O2S/c1-11-9-24(18(26)21-12-5-3-4-6-13(12)27-2)7-8-25(11)15-14-16(28-10-20-14)23-17(19)22-15/h3-6,10-11H,7-9H2,1-2H3,(H,21,26)(H2,19,22,23)/t11-/m0/s1. The first-order valence-electron chi connectivity index (χ1n) is 8.89. The fourth-order valence-electron chi connectivity index (χ4n) is 3.36. The minimum Gasteiger partial charge on any atom is -0.495 e. The number of nitrogens with zero attached hydrogens (tertiary/aromatic N) is 5. The molecule has 1 atom stereocenters. The summed E-state index contributed by atoms with van der Waals surface area (Å²) in [6.07, 6.45) is 0. The van der Waals surface area contributed by atoms with Crippen LogP contribution >= 0.6 is 11.3 Å². The van der Waals surface area contributed by atoms with E-state index in [0.29, 0.717) is 31.1 Å². The van der Waals surface area contributed by atoms with Crippen LogP contribution < -0.4 is 20.7 Å². The molecule has 28 heavy (non-hydrogen) atoms. The Bertz CT molecular complexity index is 1010. The molecule has 0 aliphatic carbocycles. The van der Waals surface area contributed by atoms with Gasteiger partial charge in [-0.3, -0.25) is 0 Å². The lowest BCUT2D eigenvalue weighted by Gasteiger charge is -2.40. The van der Waals surface area contributed by atoms with Gasteiger partial charge in [0.15, 0.2) is 10.6 Å². The summed E-state index contributed by atoms with van der Waals surface area (Å²) in [7, 11) is 1.58. The van der Waals surface area contributed by atoms with E-state index in [0.717, 1.165) is 16.2 Å². The molecule has 1 aliphatic heterocycles. The normalized spacial score (nSPS) is 17.0. The minimum absolute atomic E-state index is 0.0522. The van der Waals surface area contributed by atoms with Gasteiger partial charge < -0.3 is 25.6 Å². The molecule has 0 unspecified atom stereocenters. The Morgan fingerprint density at radius 1 is 1.32 bits per heavy atom. The molecule has 9 nitrogen and oxygen atoms in total. The summed E-state index contributed by atoms with van der Waals surface area (Å²) in [6, 6.07) is 7.25. The van der Waals surface area contributed by atoms with Crippen molar-refractivity contribution in [1.29, 1.82) is 0 Å². The van der Waals surface area contributed by atoms with Gasteiger partial charge in [-0.2, -0.15) is 4.98 Å². The Labute approximate surface area is 166 Å². The van der Waals surface area contributed by atoms with Gasteiger partial charge in [-0.05, 0) is 19.1 Å². The molecular weight excluding hydrogens is 378 g/mol. The number of urea groups is 1. The molecule has 3 heterocycles. The summed E-state index contributed by atoms with van der Waals surface area (Å²) >= 11 is 1.44. The number of nitrogens with two attached hydrogens (primary N) is 1. The summed E-state index contributed by atoms with van der Waals surface area (Å²) in [5.41, 5.74) is 9.01. The van der Waals surface area contributed by atoms with E-state index >= 15 is 0 Å². The number of aromatic nitrogens is 3. The number of hydrogen-bond acceptors (Lipinski definition) is 8. The first kappa shape index (κ1) is 18.2. The van der Waals surface area contributed by atoms with Gasteiger partial charge in [0, 0.05) is 25.7 Å². The Morgan fingerprint density at radius 3 is 2.93 bits per heavy atom. The quantitative estimate of drug-likeness (QED) is 0.696. The van der Waals surface area contributed by atoms with Crippen LogP contribution in [0.15, 0.2) is 29.8 Å². The SMILES string of the molecule is COc1ccccc1NC(=O)N1CCN(c2nc(N)nc3scnc23)[C@@H](C)C1. The number of benzene rings is 1. The predicted molar refractivity (Wildman–Crippen MR) is 110 cm³/mol. The molecule has 4 rings (SSSR count). The largest absolute Gasteiger partial charge is 0.495 e. The molecule has 2 amide bonds. The van der Waals surface area contributed by atoms with Crippen LogP contribution in [0.25, 0.3) is 10.3 Å². The molecular formula is C18H21N7O2S. The number of thiazole rings is 1. The van der Waals surface area contributed by atoms with Gasteiger partial charge >= 0.3 is 6.03 Å². The molecule has 1 saturated heterocycles. The predicted octanol–water partition coefficient (Wildman–Crippen LogP) is 2.42. The summed E-state index contributed by atoms with van der Waals surface area (Å²) in [5, 5.41) is 2.93. The lowest BCUT2D eigenvalue weighted by atomic mass is 10.2. The van der Waals surface area contributed by atoms with Crippen LogP contribution in [0.5, 0.6) is 5.75 Å². The van der Waals surface area contributed by atoms with Crippen molar-refractivity contribution < 1.29 is 9.53 Å². The zero-order chi connectivity index (χ0) is 19.7. The number of amides is 2. The highest BCUT2D eigenvalue weighted by Gasteiger charge is 2.30. The van der Waals surface area contributed by atoms with Crippen LogP contribution in [0.4, 0.5) is 22.2 Å².